The van der Waals surface area contributed by atoms with Gasteiger partial charge in [0.1, 0.15) is 5.75 Å². The third-order valence-electron chi connectivity index (χ3n) is 4.34. The summed E-state index contributed by atoms with van der Waals surface area (Å²) in [6.45, 7) is 6.07. The highest BCUT2D eigenvalue weighted by Gasteiger charge is 2.22. The summed E-state index contributed by atoms with van der Waals surface area (Å²) in [5, 5.41) is 0. The third kappa shape index (κ3) is 6.58. The number of rotatable bonds is 7. The van der Waals surface area contributed by atoms with E-state index in [2.05, 4.69) is 15.9 Å². The summed E-state index contributed by atoms with van der Waals surface area (Å²) in [4.78, 5) is 26.0. The molecule has 29 heavy (non-hydrogen) atoms. The van der Waals surface area contributed by atoms with Crippen LogP contribution in [0.1, 0.15) is 25.0 Å². The Labute approximate surface area is 180 Å². The molecule has 0 aliphatic heterocycles. The minimum atomic E-state index is -0.742. The molecule has 0 heterocycles. The number of aryl methyl sites for hydroxylation is 1. The molecule has 0 bridgehead atoms. The van der Waals surface area contributed by atoms with Crippen molar-refractivity contribution in [3.63, 3.8) is 0 Å². The first-order chi connectivity index (χ1) is 13.7. The fourth-order valence-corrected chi connectivity index (χ4v) is 3.46. The first-order valence-corrected chi connectivity index (χ1v) is 10.2. The van der Waals surface area contributed by atoms with E-state index in [1.54, 1.807) is 24.1 Å². The van der Waals surface area contributed by atoms with Gasteiger partial charge in [0.15, 0.2) is 0 Å². The average Bonchev–Trinajstić information content (AvgIpc) is 2.68. The van der Waals surface area contributed by atoms with Crippen LogP contribution >= 0.6 is 15.9 Å². The number of hydrogen-bond donors (Lipinski definition) is 1. The Balaban J connectivity index is 2.07. The average molecular weight is 463 g/mol. The van der Waals surface area contributed by atoms with Gasteiger partial charge in [-0.1, -0.05) is 48.0 Å². The van der Waals surface area contributed by atoms with Gasteiger partial charge < -0.3 is 20.1 Å². The van der Waals surface area contributed by atoms with E-state index in [0.29, 0.717) is 18.8 Å². The van der Waals surface area contributed by atoms with Crippen molar-refractivity contribution in [2.24, 2.45) is 11.7 Å². The van der Waals surface area contributed by atoms with Crippen LogP contribution in [0.5, 0.6) is 5.75 Å². The second-order valence-electron chi connectivity index (χ2n) is 7.30. The third-order valence-corrected chi connectivity index (χ3v) is 5.05. The van der Waals surface area contributed by atoms with Gasteiger partial charge in [-0.25, -0.2) is 4.79 Å². The molecule has 7 heteroatoms. The first kappa shape index (κ1) is 22.9. The molecular formula is C22H27BrN2O4. The summed E-state index contributed by atoms with van der Waals surface area (Å²) in [5.74, 6) is 0.416. The number of anilines is 1. The van der Waals surface area contributed by atoms with Gasteiger partial charge in [-0.2, -0.15) is 0 Å². The van der Waals surface area contributed by atoms with Crippen LogP contribution in [0, 0.1) is 12.8 Å². The lowest BCUT2D eigenvalue weighted by molar-refractivity contribution is -0.119. The Morgan fingerprint density at radius 2 is 1.83 bits per heavy atom. The number of halogens is 1. The molecule has 2 rings (SSSR count). The molecule has 0 fully saturated rings. The molecule has 0 radical (unpaired) electrons. The van der Waals surface area contributed by atoms with E-state index >= 15 is 0 Å². The van der Waals surface area contributed by atoms with Gasteiger partial charge in [0.25, 0.3) is 0 Å². The van der Waals surface area contributed by atoms with Gasteiger partial charge >= 0.3 is 6.16 Å². The van der Waals surface area contributed by atoms with Crippen LogP contribution in [-0.2, 0) is 16.0 Å². The predicted octanol–water partition coefficient (Wildman–Crippen LogP) is 4.46. The monoisotopic (exact) mass is 462 g/mol. The largest absolute Gasteiger partial charge is 0.513 e. The summed E-state index contributed by atoms with van der Waals surface area (Å²) < 4.78 is 11.0. The zero-order chi connectivity index (χ0) is 21.6. The molecule has 0 aliphatic carbocycles. The lowest BCUT2D eigenvalue weighted by Gasteiger charge is -2.22. The van der Waals surface area contributed by atoms with Crippen molar-refractivity contribution in [1.29, 1.82) is 0 Å². The van der Waals surface area contributed by atoms with E-state index in [-0.39, 0.29) is 11.8 Å². The summed E-state index contributed by atoms with van der Waals surface area (Å²) in [5.41, 5.74) is 8.72. The number of ether oxygens (including phenoxy) is 2. The minimum Gasteiger partial charge on any atom is -0.434 e. The van der Waals surface area contributed by atoms with E-state index in [4.69, 9.17) is 15.2 Å². The molecule has 2 N–H and O–H groups in total. The van der Waals surface area contributed by atoms with E-state index in [1.165, 1.54) is 0 Å². The van der Waals surface area contributed by atoms with Gasteiger partial charge in [0, 0.05) is 17.2 Å². The summed E-state index contributed by atoms with van der Waals surface area (Å²) in [6.07, 6.45) is -0.394. The first-order valence-electron chi connectivity index (χ1n) is 9.40. The number of carbonyl (C=O) groups is 2. The highest BCUT2D eigenvalue weighted by Crippen LogP contribution is 2.28. The topological polar surface area (TPSA) is 81.9 Å². The van der Waals surface area contributed by atoms with Crippen LogP contribution in [0.25, 0.3) is 0 Å². The zero-order valence-corrected chi connectivity index (χ0v) is 18.7. The normalized spacial score (nSPS) is 11.8. The standard InChI is InChI=1S/C22H27BrN2O4/c1-14(2)13-28-22(27)29-17-10-15(3)18(19(23)11-17)12-20(24)21(26)25(4)16-8-6-5-7-9-16/h5-11,14,20H,12-13,24H2,1-4H3/t20-/m1/s1. The van der Waals surface area contributed by atoms with Crippen molar-refractivity contribution in [2.75, 3.05) is 18.6 Å². The quantitative estimate of drug-likeness (QED) is 0.484. The molecule has 0 aromatic heterocycles. The van der Waals surface area contributed by atoms with Crippen LogP contribution < -0.4 is 15.4 Å². The second-order valence-corrected chi connectivity index (χ2v) is 8.16. The molecule has 2 aromatic carbocycles. The number of benzene rings is 2. The van der Waals surface area contributed by atoms with E-state index in [9.17, 15) is 9.59 Å². The predicted molar refractivity (Wildman–Crippen MR) is 117 cm³/mol. The van der Waals surface area contributed by atoms with Gasteiger partial charge in [-0.3, -0.25) is 4.79 Å². The fourth-order valence-electron chi connectivity index (χ4n) is 2.76. The molecule has 2 aromatic rings. The van der Waals surface area contributed by atoms with Crippen molar-refractivity contribution in [3.8, 4) is 5.75 Å². The highest BCUT2D eigenvalue weighted by atomic mass is 79.9. The number of carbonyl (C=O) groups excluding carboxylic acids is 2. The molecule has 0 saturated heterocycles. The van der Waals surface area contributed by atoms with Gasteiger partial charge in [-0.05, 0) is 54.7 Å². The second kappa shape index (κ2) is 10.4. The Morgan fingerprint density at radius 1 is 1.17 bits per heavy atom. The molecule has 0 unspecified atom stereocenters. The molecule has 0 aliphatic rings. The van der Waals surface area contributed by atoms with Gasteiger partial charge in [0.2, 0.25) is 5.91 Å². The summed E-state index contributed by atoms with van der Waals surface area (Å²) >= 11 is 3.50. The highest BCUT2D eigenvalue weighted by molar-refractivity contribution is 9.10. The van der Waals surface area contributed by atoms with Crippen LogP contribution in [0.4, 0.5) is 10.5 Å². The minimum absolute atomic E-state index is 0.180. The number of likely N-dealkylation sites (N-methyl/N-ethyl adjacent to an activating group) is 1. The fraction of sp³-hybridized carbons (Fsp3) is 0.364. The molecule has 156 valence electrons. The smallest absolute Gasteiger partial charge is 0.434 e. The van der Waals surface area contributed by atoms with Crippen molar-refractivity contribution >= 4 is 33.7 Å². The SMILES string of the molecule is Cc1cc(OC(=O)OCC(C)C)cc(Br)c1C[C@@H](N)C(=O)N(C)c1ccccc1. The molecule has 0 saturated carbocycles. The number of para-hydroxylation sites is 1. The summed E-state index contributed by atoms with van der Waals surface area (Å²) in [6, 6.07) is 12.0. The van der Waals surface area contributed by atoms with E-state index in [0.717, 1.165) is 21.3 Å². The van der Waals surface area contributed by atoms with E-state index in [1.807, 2.05) is 51.1 Å². The Kier molecular flexibility index (Phi) is 8.22. The van der Waals surface area contributed by atoms with Gasteiger partial charge in [0.05, 0.1) is 12.6 Å². The van der Waals surface area contributed by atoms with Crippen LogP contribution in [0.2, 0.25) is 0 Å². The molecule has 6 nitrogen and oxygen atoms in total. The lowest BCUT2D eigenvalue weighted by atomic mass is 10.0. The Morgan fingerprint density at radius 3 is 2.41 bits per heavy atom. The summed E-state index contributed by atoms with van der Waals surface area (Å²) in [7, 11) is 1.71. The van der Waals surface area contributed by atoms with Crippen molar-refractivity contribution < 1.29 is 19.1 Å². The zero-order valence-electron chi connectivity index (χ0n) is 17.1. The Bertz CT molecular complexity index is 832. The molecule has 1 amide bonds. The van der Waals surface area contributed by atoms with Crippen LogP contribution in [-0.4, -0.2) is 31.8 Å². The molecule has 0 spiro atoms. The maximum atomic E-state index is 12.7. The maximum absolute atomic E-state index is 12.7. The van der Waals surface area contributed by atoms with Crippen molar-refractivity contribution in [2.45, 2.75) is 33.2 Å². The number of nitrogens with two attached hydrogens (primary N) is 1. The number of nitrogens with zero attached hydrogens (tertiary/aromatic N) is 1. The maximum Gasteiger partial charge on any atom is 0.513 e. The lowest BCUT2D eigenvalue weighted by Crippen LogP contribution is -2.43. The van der Waals surface area contributed by atoms with Gasteiger partial charge in [-0.15, -0.1) is 0 Å². The number of hydrogen-bond acceptors (Lipinski definition) is 5. The number of amides is 1. The Hall–Kier alpha value is -2.38. The van der Waals surface area contributed by atoms with Crippen molar-refractivity contribution in [1.82, 2.24) is 0 Å². The van der Waals surface area contributed by atoms with Crippen LogP contribution in [0.15, 0.2) is 46.9 Å². The molecule has 1 atom stereocenters. The van der Waals surface area contributed by atoms with Crippen LogP contribution in [0.3, 0.4) is 0 Å². The molecular weight excluding hydrogens is 436 g/mol. The van der Waals surface area contributed by atoms with E-state index < -0.39 is 12.2 Å². The van der Waals surface area contributed by atoms with Crippen molar-refractivity contribution in [3.05, 3.63) is 58.1 Å².